The van der Waals surface area contributed by atoms with Gasteiger partial charge in [-0.1, -0.05) is 23.2 Å². The highest BCUT2D eigenvalue weighted by Gasteiger charge is 2.33. The Bertz CT molecular complexity index is 627. The number of hydrogen-bond acceptors (Lipinski definition) is 3. The van der Waals surface area contributed by atoms with Gasteiger partial charge in [0.15, 0.2) is 5.75 Å². The zero-order valence-electron chi connectivity index (χ0n) is 9.71. The third kappa shape index (κ3) is 3.46. The Morgan fingerprint density at radius 2 is 1.65 bits per heavy atom. The Morgan fingerprint density at radius 3 is 2.20 bits per heavy atom. The lowest BCUT2D eigenvalue weighted by Gasteiger charge is -2.12. The van der Waals surface area contributed by atoms with Crippen LogP contribution >= 0.6 is 23.2 Å². The molecule has 0 radical (unpaired) electrons. The van der Waals surface area contributed by atoms with E-state index >= 15 is 0 Å². The molecule has 0 fully saturated rings. The normalized spacial score (nSPS) is 11.4. The minimum Gasteiger partial charge on any atom is -0.455 e. The van der Waals surface area contributed by atoms with E-state index in [1.165, 1.54) is 18.2 Å². The molecule has 8 heteroatoms. The maximum Gasteiger partial charge on any atom is 0.433 e. The number of nitrogen functional groups attached to an aromatic ring is 1. The number of aromatic nitrogens is 1. The molecule has 3 nitrogen and oxygen atoms in total. The second-order valence-electron chi connectivity index (χ2n) is 3.81. The van der Waals surface area contributed by atoms with Gasteiger partial charge >= 0.3 is 6.18 Å². The third-order valence-corrected chi connectivity index (χ3v) is 2.69. The molecule has 0 aliphatic rings. The lowest BCUT2D eigenvalue weighted by molar-refractivity contribution is -0.141. The molecule has 1 heterocycles. The summed E-state index contributed by atoms with van der Waals surface area (Å²) in [6, 6.07) is 4.98. The molecule has 2 aromatic rings. The summed E-state index contributed by atoms with van der Waals surface area (Å²) in [6.45, 7) is 0. The standard InChI is InChI=1S/C12H7Cl2F3N2O/c13-6-1-7(14)3-8(2-6)20-10-4-11(12(15,16)17)19-5-9(10)18/h1-5H,18H2. The van der Waals surface area contributed by atoms with Gasteiger partial charge in [0.05, 0.1) is 11.9 Å². The monoisotopic (exact) mass is 322 g/mol. The lowest BCUT2D eigenvalue weighted by atomic mass is 10.3. The van der Waals surface area contributed by atoms with Gasteiger partial charge in [0.1, 0.15) is 11.4 Å². The summed E-state index contributed by atoms with van der Waals surface area (Å²) in [4.78, 5) is 3.20. The highest BCUT2D eigenvalue weighted by atomic mass is 35.5. The molecule has 20 heavy (non-hydrogen) atoms. The first-order valence-corrected chi connectivity index (χ1v) is 5.98. The molecule has 1 aromatic heterocycles. The van der Waals surface area contributed by atoms with Crippen molar-refractivity contribution < 1.29 is 17.9 Å². The molecule has 0 amide bonds. The predicted molar refractivity (Wildman–Crippen MR) is 70.2 cm³/mol. The number of nitrogens with two attached hydrogens (primary N) is 1. The van der Waals surface area contributed by atoms with E-state index in [4.69, 9.17) is 33.7 Å². The molecule has 2 N–H and O–H groups in total. The zero-order chi connectivity index (χ0) is 14.9. The van der Waals surface area contributed by atoms with Crippen molar-refractivity contribution >= 4 is 28.9 Å². The van der Waals surface area contributed by atoms with Crippen molar-refractivity contribution in [3.63, 3.8) is 0 Å². The van der Waals surface area contributed by atoms with Crippen LogP contribution in [-0.4, -0.2) is 4.98 Å². The van der Waals surface area contributed by atoms with Gasteiger partial charge < -0.3 is 10.5 Å². The van der Waals surface area contributed by atoms with Gasteiger partial charge in [-0.05, 0) is 18.2 Å². The zero-order valence-corrected chi connectivity index (χ0v) is 11.2. The summed E-state index contributed by atoms with van der Waals surface area (Å²) >= 11 is 11.5. The summed E-state index contributed by atoms with van der Waals surface area (Å²) < 4.78 is 43.0. The molecule has 0 aliphatic carbocycles. The number of hydrogen-bond donors (Lipinski definition) is 1. The van der Waals surface area contributed by atoms with Crippen molar-refractivity contribution in [2.45, 2.75) is 6.18 Å². The van der Waals surface area contributed by atoms with Crippen LogP contribution in [-0.2, 0) is 6.18 Å². The number of ether oxygens (including phenoxy) is 1. The van der Waals surface area contributed by atoms with Crippen molar-refractivity contribution in [1.29, 1.82) is 0 Å². The molecule has 2 rings (SSSR count). The van der Waals surface area contributed by atoms with Crippen molar-refractivity contribution in [3.05, 3.63) is 46.2 Å². The molecule has 0 aliphatic heterocycles. The van der Waals surface area contributed by atoms with Crippen LogP contribution < -0.4 is 10.5 Å². The second-order valence-corrected chi connectivity index (χ2v) is 4.69. The Labute approximate surface area is 122 Å². The molecular formula is C12H7Cl2F3N2O. The minimum atomic E-state index is -4.59. The molecule has 0 bridgehead atoms. The summed E-state index contributed by atoms with van der Waals surface area (Å²) in [7, 11) is 0. The van der Waals surface area contributed by atoms with E-state index in [0.717, 1.165) is 6.20 Å². The van der Waals surface area contributed by atoms with E-state index in [0.29, 0.717) is 6.07 Å². The van der Waals surface area contributed by atoms with Gasteiger partial charge in [-0.15, -0.1) is 0 Å². The lowest BCUT2D eigenvalue weighted by Crippen LogP contribution is -2.08. The molecule has 0 atom stereocenters. The SMILES string of the molecule is Nc1cnc(C(F)(F)F)cc1Oc1cc(Cl)cc(Cl)c1. The number of nitrogens with zero attached hydrogens (tertiary/aromatic N) is 1. The van der Waals surface area contributed by atoms with Gasteiger partial charge in [0.2, 0.25) is 0 Å². The van der Waals surface area contributed by atoms with Crippen LogP contribution in [0.15, 0.2) is 30.5 Å². The van der Waals surface area contributed by atoms with Crippen LogP contribution in [0, 0.1) is 0 Å². The van der Waals surface area contributed by atoms with E-state index in [9.17, 15) is 13.2 Å². The third-order valence-electron chi connectivity index (χ3n) is 2.25. The van der Waals surface area contributed by atoms with Crippen LogP contribution in [0.25, 0.3) is 0 Å². The smallest absolute Gasteiger partial charge is 0.433 e. The van der Waals surface area contributed by atoms with E-state index in [2.05, 4.69) is 4.98 Å². The number of rotatable bonds is 2. The van der Waals surface area contributed by atoms with Crippen molar-refractivity contribution in [3.8, 4) is 11.5 Å². The molecule has 1 aromatic carbocycles. The van der Waals surface area contributed by atoms with Crippen LogP contribution in [0.3, 0.4) is 0 Å². The van der Waals surface area contributed by atoms with E-state index in [1.54, 1.807) is 0 Å². The summed E-state index contributed by atoms with van der Waals surface area (Å²) in [5, 5.41) is 0.576. The number of pyridine rings is 1. The average molecular weight is 323 g/mol. The highest BCUT2D eigenvalue weighted by molar-refractivity contribution is 6.34. The number of benzene rings is 1. The molecule has 0 saturated heterocycles. The fourth-order valence-electron chi connectivity index (χ4n) is 1.41. The topological polar surface area (TPSA) is 48.1 Å². The Balaban J connectivity index is 2.37. The van der Waals surface area contributed by atoms with Gasteiger partial charge in [-0.3, -0.25) is 0 Å². The van der Waals surface area contributed by atoms with Crippen LogP contribution in [0.4, 0.5) is 18.9 Å². The molecule has 106 valence electrons. The second kappa shape index (κ2) is 5.38. The summed E-state index contributed by atoms with van der Waals surface area (Å²) in [6.07, 6.45) is -3.71. The van der Waals surface area contributed by atoms with Crippen molar-refractivity contribution in [2.75, 3.05) is 5.73 Å². The summed E-state index contributed by atoms with van der Waals surface area (Å²) in [5.74, 6) is -0.000757. The Hall–Kier alpha value is -1.66. The Morgan fingerprint density at radius 1 is 1.05 bits per heavy atom. The predicted octanol–water partition coefficient (Wildman–Crippen LogP) is 4.78. The first kappa shape index (κ1) is 14.7. The van der Waals surface area contributed by atoms with Crippen molar-refractivity contribution in [2.24, 2.45) is 0 Å². The fraction of sp³-hybridized carbons (Fsp3) is 0.0833. The van der Waals surface area contributed by atoms with Crippen molar-refractivity contribution in [1.82, 2.24) is 4.98 Å². The Kier molecular flexibility index (Phi) is 3.96. The van der Waals surface area contributed by atoms with E-state index in [-0.39, 0.29) is 27.2 Å². The number of halogens is 5. The summed E-state index contributed by atoms with van der Waals surface area (Å²) in [5.41, 5.74) is 4.40. The largest absolute Gasteiger partial charge is 0.455 e. The molecule has 0 spiro atoms. The minimum absolute atomic E-state index is 0.0332. The van der Waals surface area contributed by atoms with Gasteiger partial charge in [0, 0.05) is 16.1 Å². The number of alkyl halides is 3. The van der Waals surface area contributed by atoms with Gasteiger partial charge in [0.25, 0.3) is 0 Å². The first-order valence-electron chi connectivity index (χ1n) is 5.22. The van der Waals surface area contributed by atoms with E-state index in [1.807, 2.05) is 0 Å². The molecule has 0 saturated carbocycles. The maximum absolute atomic E-state index is 12.6. The first-order chi connectivity index (χ1) is 9.25. The van der Waals surface area contributed by atoms with Crippen LogP contribution in [0.2, 0.25) is 10.0 Å². The van der Waals surface area contributed by atoms with Crippen LogP contribution in [0.5, 0.6) is 11.5 Å². The van der Waals surface area contributed by atoms with Crippen LogP contribution in [0.1, 0.15) is 5.69 Å². The maximum atomic E-state index is 12.6. The highest BCUT2D eigenvalue weighted by Crippen LogP contribution is 2.35. The molecule has 0 unspecified atom stereocenters. The quantitative estimate of drug-likeness (QED) is 0.865. The van der Waals surface area contributed by atoms with Gasteiger partial charge in [-0.25, -0.2) is 4.98 Å². The van der Waals surface area contributed by atoms with Gasteiger partial charge in [-0.2, -0.15) is 13.2 Å². The number of anilines is 1. The average Bonchev–Trinajstić information content (AvgIpc) is 2.29. The van der Waals surface area contributed by atoms with E-state index < -0.39 is 11.9 Å². The fourth-order valence-corrected chi connectivity index (χ4v) is 1.91. The molecular weight excluding hydrogens is 316 g/mol.